The molecule has 4 aliphatic rings. The first kappa shape index (κ1) is 24.8. The van der Waals surface area contributed by atoms with Crippen LogP contribution in [0.15, 0.2) is 69.2 Å². The number of sulfonamides is 1. The molecule has 198 valence electrons. The Morgan fingerprint density at radius 3 is 2.55 bits per heavy atom. The number of amidine groups is 1. The normalized spacial score (nSPS) is 25.4. The maximum atomic E-state index is 13.7. The van der Waals surface area contributed by atoms with E-state index in [0.717, 1.165) is 6.42 Å². The van der Waals surface area contributed by atoms with Crippen LogP contribution >= 0.6 is 0 Å². The molecular weight excluding hydrogens is 533 g/mol. The van der Waals surface area contributed by atoms with Gasteiger partial charge in [0.05, 0.1) is 16.3 Å². The Bertz CT molecular complexity index is 1680. The van der Waals surface area contributed by atoms with E-state index in [2.05, 4.69) is 9.71 Å². The van der Waals surface area contributed by atoms with Gasteiger partial charge >= 0.3 is 0 Å². The van der Waals surface area contributed by atoms with E-state index < -0.39 is 31.6 Å². The quantitative estimate of drug-likeness (QED) is 0.588. The number of aliphatic hydroxyl groups is 1. The number of allylic oxidation sites excluding steroid dienone is 1. The number of amides is 1. The highest BCUT2D eigenvalue weighted by Gasteiger charge is 2.46. The molecule has 1 fully saturated rings. The van der Waals surface area contributed by atoms with Crippen LogP contribution in [0.5, 0.6) is 0 Å². The zero-order valence-corrected chi connectivity index (χ0v) is 21.7. The van der Waals surface area contributed by atoms with Gasteiger partial charge in [-0.3, -0.25) is 4.79 Å². The van der Waals surface area contributed by atoms with Crippen molar-refractivity contribution in [3.63, 3.8) is 0 Å². The van der Waals surface area contributed by atoms with E-state index in [9.17, 15) is 31.1 Å². The molecule has 1 amide bonds. The lowest BCUT2D eigenvalue weighted by molar-refractivity contribution is -0.132. The van der Waals surface area contributed by atoms with Crippen LogP contribution in [0.25, 0.3) is 4.91 Å². The number of nitrogens with zero attached hydrogens (tertiary/aromatic N) is 2. The van der Waals surface area contributed by atoms with Crippen LogP contribution in [0.2, 0.25) is 0 Å². The fourth-order valence-electron chi connectivity index (χ4n) is 5.72. The van der Waals surface area contributed by atoms with Gasteiger partial charge in [-0.25, -0.2) is 12.8 Å². The molecule has 3 aliphatic heterocycles. The highest BCUT2D eigenvalue weighted by molar-refractivity contribution is 8.00. The third-order valence-electron chi connectivity index (χ3n) is 7.52. The Morgan fingerprint density at radius 2 is 1.84 bits per heavy atom. The van der Waals surface area contributed by atoms with Crippen molar-refractivity contribution in [1.29, 1.82) is 0 Å². The molecule has 1 saturated carbocycles. The molecule has 3 heterocycles. The average molecular weight is 558 g/mol. The zero-order chi connectivity index (χ0) is 26.8. The van der Waals surface area contributed by atoms with Gasteiger partial charge < -0.3 is 15.3 Å². The summed E-state index contributed by atoms with van der Waals surface area (Å²) in [5.41, 5.74) is 0.864. The molecule has 0 spiro atoms. The number of aliphatic hydroxyl groups excluding tert-OH is 1. The van der Waals surface area contributed by atoms with Gasteiger partial charge in [-0.15, -0.1) is 4.40 Å². The van der Waals surface area contributed by atoms with E-state index >= 15 is 0 Å². The Morgan fingerprint density at radius 1 is 1.08 bits per heavy atom. The molecular formula is C26H24FN3O6S2. The van der Waals surface area contributed by atoms with Crippen molar-refractivity contribution in [2.45, 2.75) is 43.2 Å². The molecule has 0 aromatic heterocycles. The summed E-state index contributed by atoms with van der Waals surface area (Å²) in [5, 5.41) is 14.0. The number of sulfone groups is 1. The van der Waals surface area contributed by atoms with Crippen LogP contribution in [0.3, 0.4) is 0 Å². The molecule has 9 nitrogen and oxygen atoms in total. The van der Waals surface area contributed by atoms with Crippen LogP contribution in [0, 0.1) is 11.7 Å². The molecule has 6 rings (SSSR count). The topological polar surface area (TPSA) is 133 Å². The number of nitrogens with one attached hydrogen (secondary N) is 1. The SMILES string of the molecule is O=C1C(C2=NS(=O)(=O)c3cc(C4=CCCS4(=O)=O)ccc3N2)=C(O)[C@@H]2CCC[C@@H]2N1Cc1ccc(F)cc1. The minimum Gasteiger partial charge on any atom is -0.511 e. The smallest absolute Gasteiger partial charge is 0.286 e. The molecule has 38 heavy (non-hydrogen) atoms. The van der Waals surface area contributed by atoms with Crippen molar-refractivity contribution >= 4 is 42.2 Å². The van der Waals surface area contributed by atoms with E-state index in [4.69, 9.17) is 0 Å². The first-order valence-corrected chi connectivity index (χ1v) is 15.3. The summed E-state index contributed by atoms with van der Waals surface area (Å²) >= 11 is 0. The molecule has 0 unspecified atom stereocenters. The van der Waals surface area contributed by atoms with Crippen molar-refractivity contribution in [1.82, 2.24) is 4.90 Å². The second-order valence-corrected chi connectivity index (χ2v) is 13.5. The molecule has 2 aromatic carbocycles. The Balaban J connectivity index is 1.38. The van der Waals surface area contributed by atoms with Crippen LogP contribution in [0.4, 0.5) is 10.1 Å². The van der Waals surface area contributed by atoms with Gasteiger partial charge in [0.15, 0.2) is 15.7 Å². The van der Waals surface area contributed by atoms with Gasteiger partial charge in [-0.05, 0) is 54.7 Å². The number of benzene rings is 2. The van der Waals surface area contributed by atoms with Gasteiger partial charge in [0, 0.05) is 18.5 Å². The minimum atomic E-state index is -4.33. The Kier molecular flexibility index (Phi) is 5.72. The van der Waals surface area contributed by atoms with Crippen molar-refractivity contribution < 1.29 is 31.1 Å². The first-order valence-electron chi connectivity index (χ1n) is 12.2. The lowest BCUT2D eigenvalue weighted by atomic mass is 9.89. The van der Waals surface area contributed by atoms with Crippen molar-refractivity contribution in [2.24, 2.45) is 10.3 Å². The average Bonchev–Trinajstić information content (AvgIpc) is 3.49. The second kappa shape index (κ2) is 8.77. The number of carbonyl (C=O) groups excluding carboxylic acids is 1. The van der Waals surface area contributed by atoms with E-state index in [1.807, 2.05) is 0 Å². The molecule has 0 radical (unpaired) electrons. The number of anilines is 1. The summed E-state index contributed by atoms with van der Waals surface area (Å²) < 4.78 is 68.4. The fraction of sp³-hybridized carbons (Fsp3) is 0.308. The molecule has 2 N–H and O–H groups in total. The highest BCUT2D eigenvalue weighted by atomic mass is 32.2. The predicted octanol–water partition coefficient (Wildman–Crippen LogP) is 3.52. The molecule has 1 aliphatic carbocycles. The van der Waals surface area contributed by atoms with Crippen molar-refractivity contribution in [2.75, 3.05) is 11.1 Å². The van der Waals surface area contributed by atoms with E-state index in [1.54, 1.807) is 23.1 Å². The summed E-state index contributed by atoms with van der Waals surface area (Å²) in [4.78, 5) is 15.2. The van der Waals surface area contributed by atoms with Gasteiger partial charge in [0.1, 0.15) is 22.0 Å². The van der Waals surface area contributed by atoms with Gasteiger partial charge in [0.25, 0.3) is 15.9 Å². The third-order valence-corrected chi connectivity index (χ3v) is 10.7. The number of fused-ring (bicyclic) bond motifs is 2. The van der Waals surface area contributed by atoms with Gasteiger partial charge in [-0.1, -0.05) is 30.7 Å². The highest BCUT2D eigenvalue weighted by Crippen LogP contribution is 2.42. The van der Waals surface area contributed by atoms with E-state index in [-0.39, 0.29) is 62.5 Å². The lowest BCUT2D eigenvalue weighted by Crippen LogP contribution is -2.49. The zero-order valence-electron chi connectivity index (χ0n) is 20.1. The third kappa shape index (κ3) is 4.02. The van der Waals surface area contributed by atoms with Crippen LogP contribution in [-0.4, -0.2) is 50.4 Å². The largest absolute Gasteiger partial charge is 0.511 e. The molecule has 12 heteroatoms. The maximum absolute atomic E-state index is 13.7. The van der Waals surface area contributed by atoms with E-state index in [0.29, 0.717) is 24.8 Å². The van der Waals surface area contributed by atoms with E-state index in [1.165, 1.54) is 30.3 Å². The minimum absolute atomic E-state index is 0.0289. The summed E-state index contributed by atoms with van der Waals surface area (Å²) in [6.45, 7) is 0.167. The second-order valence-electron chi connectivity index (χ2n) is 9.85. The number of hydrogen-bond acceptors (Lipinski definition) is 7. The van der Waals surface area contributed by atoms with Crippen LogP contribution < -0.4 is 5.32 Å². The molecule has 0 bridgehead atoms. The molecule has 2 aromatic rings. The van der Waals surface area contributed by atoms with Crippen molar-refractivity contribution in [3.05, 3.63) is 76.8 Å². The molecule has 2 atom stereocenters. The molecule has 0 saturated heterocycles. The number of carbonyl (C=O) groups is 1. The van der Waals surface area contributed by atoms with Crippen molar-refractivity contribution in [3.8, 4) is 0 Å². The maximum Gasteiger partial charge on any atom is 0.286 e. The monoisotopic (exact) mass is 557 g/mol. The summed E-state index contributed by atoms with van der Waals surface area (Å²) in [6, 6.07) is 9.71. The standard InChI is InChI=1S/C26H24FN3O6S2/c27-17-9-6-15(7-10-17)14-30-20-4-1-3-18(20)24(31)23(26(30)32)25-28-19-11-8-16(13-22(19)38(35,36)29-25)21-5-2-12-37(21,33)34/h5-11,13,18,20,31H,1-4,12,14H2,(H,28,29)/t18-,20+/m1/s1. The van der Waals surface area contributed by atoms with Crippen LogP contribution in [-0.2, 0) is 31.2 Å². The Hall–Kier alpha value is -3.51. The summed E-state index contributed by atoms with van der Waals surface area (Å²) in [7, 11) is -7.82. The summed E-state index contributed by atoms with van der Waals surface area (Å²) in [5.74, 6) is -1.85. The predicted molar refractivity (Wildman–Crippen MR) is 139 cm³/mol. The van der Waals surface area contributed by atoms with Crippen LogP contribution in [0.1, 0.15) is 36.8 Å². The lowest BCUT2D eigenvalue weighted by Gasteiger charge is -2.39. The Labute approximate surface area is 219 Å². The number of hydrogen-bond donors (Lipinski definition) is 2. The van der Waals surface area contributed by atoms with Gasteiger partial charge in [0.2, 0.25) is 0 Å². The van der Waals surface area contributed by atoms with Gasteiger partial charge in [-0.2, -0.15) is 8.42 Å². The number of rotatable bonds is 4. The summed E-state index contributed by atoms with van der Waals surface area (Å²) in [6.07, 6.45) is 4.00. The first-order chi connectivity index (χ1) is 18.0. The number of halogens is 1. The fourth-order valence-corrected chi connectivity index (χ4v) is 8.37.